The van der Waals surface area contributed by atoms with Gasteiger partial charge in [0.05, 0.1) is 12.1 Å². The van der Waals surface area contributed by atoms with Crippen molar-refractivity contribution in [3.63, 3.8) is 0 Å². The normalized spacial score (nSPS) is 25.1. The van der Waals surface area contributed by atoms with Crippen LogP contribution in [0.2, 0.25) is 0 Å². The zero-order valence-electron chi connectivity index (χ0n) is 11.6. The molecule has 1 fully saturated rings. The van der Waals surface area contributed by atoms with Crippen LogP contribution in [0.1, 0.15) is 36.1 Å². The second-order valence-corrected chi connectivity index (χ2v) is 6.59. The van der Waals surface area contributed by atoms with Gasteiger partial charge in [0.25, 0.3) is 0 Å². The van der Waals surface area contributed by atoms with Gasteiger partial charge in [-0.25, -0.2) is 0 Å². The fourth-order valence-corrected chi connectivity index (χ4v) is 3.42. The maximum absolute atomic E-state index is 12.4. The van der Waals surface area contributed by atoms with Gasteiger partial charge in [-0.1, -0.05) is 6.92 Å². The molecule has 0 radical (unpaired) electrons. The van der Waals surface area contributed by atoms with Crippen LogP contribution >= 0.6 is 11.3 Å². The molecule has 1 aliphatic rings. The molecule has 1 N–H and O–H groups in total. The highest BCUT2D eigenvalue weighted by molar-refractivity contribution is 7.12. The highest BCUT2D eigenvalue weighted by atomic mass is 32.1. The molecule has 0 aromatic carbocycles. The van der Waals surface area contributed by atoms with E-state index in [-0.39, 0.29) is 18.0 Å². The first-order valence-electron chi connectivity index (χ1n) is 6.57. The summed E-state index contributed by atoms with van der Waals surface area (Å²) in [5, 5.41) is 3.31. The van der Waals surface area contributed by atoms with Crippen LogP contribution in [0.15, 0.2) is 12.1 Å². The summed E-state index contributed by atoms with van der Waals surface area (Å²) in [7, 11) is 1.91. The van der Waals surface area contributed by atoms with Crippen LogP contribution in [0.25, 0.3) is 0 Å². The summed E-state index contributed by atoms with van der Waals surface area (Å²) in [5.74, 6) is 0.663. The Balaban J connectivity index is 2.06. The SMILES string of the molecule is Cc1ccc(C(C)N(C)C(=O)C2NCCC2C)s1. The number of rotatable bonds is 3. The molecule has 0 bridgehead atoms. The molecule has 1 aromatic rings. The maximum atomic E-state index is 12.4. The molecule has 18 heavy (non-hydrogen) atoms. The lowest BCUT2D eigenvalue weighted by atomic mass is 10.0. The number of hydrogen-bond acceptors (Lipinski definition) is 3. The molecule has 0 saturated carbocycles. The molecule has 0 spiro atoms. The molecule has 1 saturated heterocycles. The van der Waals surface area contributed by atoms with Crippen molar-refractivity contribution in [3.05, 3.63) is 21.9 Å². The molecule has 4 heteroatoms. The minimum absolute atomic E-state index is 0.00138. The number of hydrogen-bond donors (Lipinski definition) is 1. The van der Waals surface area contributed by atoms with Crippen molar-refractivity contribution in [2.45, 2.75) is 39.3 Å². The van der Waals surface area contributed by atoms with Gasteiger partial charge in [0, 0.05) is 16.8 Å². The Hall–Kier alpha value is -0.870. The van der Waals surface area contributed by atoms with Crippen LogP contribution < -0.4 is 5.32 Å². The Morgan fingerprint density at radius 1 is 1.56 bits per heavy atom. The first-order chi connectivity index (χ1) is 8.50. The quantitative estimate of drug-likeness (QED) is 0.912. The smallest absolute Gasteiger partial charge is 0.240 e. The third-order valence-corrected chi connectivity index (χ3v) is 5.07. The van der Waals surface area contributed by atoms with Gasteiger partial charge in [0.2, 0.25) is 5.91 Å². The van der Waals surface area contributed by atoms with Gasteiger partial charge in [-0.05, 0) is 44.9 Å². The Bertz CT molecular complexity index is 429. The molecule has 2 heterocycles. The van der Waals surface area contributed by atoms with E-state index in [0.717, 1.165) is 13.0 Å². The number of aryl methyl sites for hydroxylation is 1. The van der Waals surface area contributed by atoms with Crippen LogP contribution in [-0.2, 0) is 4.79 Å². The van der Waals surface area contributed by atoms with Crippen molar-refractivity contribution < 1.29 is 4.79 Å². The van der Waals surface area contributed by atoms with Gasteiger partial charge < -0.3 is 10.2 Å². The van der Waals surface area contributed by atoms with Crippen LogP contribution in [-0.4, -0.2) is 30.4 Å². The number of nitrogens with one attached hydrogen (secondary N) is 1. The fourth-order valence-electron chi connectivity index (χ4n) is 2.44. The number of amides is 1. The number of carbonyl (C=O) groups is 1. The van der Waals surface area contributed by atoms with Gasteiger partial charge in [0.1, 0.15) is 0 Å². The average Bonchev–Trinajstić information content (AvgIpc) is 2.95. The minimum Gasteiger partial charge on any atom is -0.337 e. The van der Waals surface area contributed by atoms with Crippen molar-refractivity contribution in [2.75, 3.05) is 13.6 Å². The topological polar surface area (TPSA) is 32.3 Å². The number of thiophene rings is 1. The van der Waals surface area contributed by atoms with Gasteiger partial charge >= 0.3 is 0 Å². The van der Waals surface area contributed by atoms with Crippen molar-refractivity contribution in [1.82, 2.24) is 10.2 Å². The fraction of sp³-hybridized carbons (Fsp3) is 0.643. The Morgan fingerprint density at radius 3 is 2.78 bits per heavy atom. The number of nitrogens with zero attached hydrogens (tertiary/aromatic N) is 1. The zero-order chi connectivity index (χ0) is 13.3. The Labute approximate surface area is 113 Å². The van der Waals surface area contributed by atoms with Gasteiger partial charge in [-0.15, -0.1) is 11.3 Å². The van der Waals surface area contributed by atoms with Gasteiger partial charge in [0.15, 0.2) is 0 Å². The summed E-state index contributed by atoms with van der Waals surface area (Å²) < 4.78 is 0. The molecule has 2 rings (SSSR count). The maximum Gasteiger partial charge on any atom is 0.240 e. The van der Waals surface area contributed by atoms with Crippen molar-refractivity contribution >= 4 is 17.2 Å². The average molecular weight is 266 g/mol. The predicted molar refractivity (Wildman–Crippen MR) is 75.8 cm³/mol. The second-order valence-electron chi connectivity index (χ2n) is 5.27. The summed E-state index contributed by atoms with van der Waals surface area (Å²) in [4.78, 5) is 16.9. The highest BCUT2D eigenvalue weighted by Gasteiger charge is 2.33. The van der Waals surface area contributed by atoms with E-state index in [9.17, 15) is 4.79 Å². The van der Waals surface area contributed by atoms with Crippen molar-refractivity contribution in [3.8, 4) is 0 Å². The van der Waals surface area contributed by atoms with Crippen molar-refractivity contribution in [1.29, 1.82) is 0 Å². The van der Waals surface area contributed by atoms with E-state index in [1.807, 2.05) is 11.9 Å². The molecular formula is C14H22N2OS. The first-order valence-corrected chi connectivity index (χ1v) is 7.38. The molecule has 3 atom stereocenters. The molecular weight excluding hydrogens is 244 g/mol. The number of carbonyl (C=O) groups excluding carboxylic acids is 1. The van der Waals surface area contributed by atoms with E-state index in [4.69, 9.17) is 0 Å². The second kappa shape index (κ2) is 5.41. The Morgan fingerprint density at radius 2 is 2.28 bits per heavy atom. The third-order valence-electron chi connectivity index (χ3n) is 3.90. The molecule has 1 amide bonds. The lowest BCUT2D eigenvalue weighted by Gasteiger charge is -2.28. The highest BCUT2D eigenvalue weighted by Crippen LogP contribution is 2.28. The minimum atomic E-state index is -0.00138. The molecule has 1 aromatic heterocycles. The molecule has 1 aliphatic heterocycles. The van der Waals surface area contributed by atoms with E-state index in [1.165, 1.54) is 9.75 Å². The molecule has 3 nitrogen and oxygen atoms in total. The molecule has 100 valence electrons. The molecule has 0 aliphatic carbocycles. The largest absolute Gasteiger partial charge is 0.337 e. The van der Waals surface area contributed by atoms with E-state index < -0.39 is 0 Å². The summed E-state index contributed by atoms with van der Waals surface area (Å²) in [6, 6.07) is 4.40. The monoisotopic (exact) mass is 266 g/mol. The lowest BCUT2D eigenvalue weighted by molar-refractivity contribution is -0.134. The summed E-state index contributed by atoms with van der Waals surface area (Å²) in [5.41, 5.74) is 0. The van der Waals surface area contributed by atoms with E-state index >= 15 is 0 Å². The van der Waals surface area contributed by atoms with Crippen LogP contribution in [0, 0.1) is 12.8 Å². The molecule has 3 unspecified atom stereocenters. The van der Waals surface area contributed by atoms with Crippen molar-refractivity contribution in [2.24, 2.45) is 5.92 Å². The van der Waals surface area contributed by atoms with E-state index in [0.29, 0.717) is 5.92 Å². The van der Waals surface area contributed by atoms with E-state index in [1.54, 1.807) is 11.3 Å². The van der Waals surface area contributed by atoms with Crippen LogP contribution in [0.3, 0.4) is 0 Å². The Kier molecular flexibility index (Phi) is 4.07. The summed E-state index contributed by atoms with van der Waals surface area (Å²) in [6.45, 7) is 7.31. The third kappa shape index (κ3) is 2.59. The van der Waals surface area contributed by atoms with Gasteiger partial charge in [-0.2, -0.15) is 0 Å². The standard InChI is InChI=1S/C14H22N2OS/c1-9-7-8-15-13(9)14(17)16(4)11(3)12-6-5-10(2)18-12/h5-6,9,11,13,15H,7-8H2,1-4H3. The predicted octanol–water partition coefficient (Wildman–Crippen LogP) is 2.57. The van der Waals surface area contributed by atoms with Gasteiger partial charge in [-0.3, -0.25) is 4.79 Å². The lowest BCUT2D eigenvalue weighted by Crippen LogP contribution is -2.44. The number of likely N-dealkylation sites (N-methyl/N-ethyl adjacent to an activating group) is 1. The van der Waals surface area contributed by atoms with Crippen LogP contribution in [0.5, 0.6) is 0 Å². The van der Waals surface area contributed by atoms with Crippen LogP contribution in [0.4, 0.5) is 0 Å². The first kappa shape index (κ1) is 13.6. The summed E-state index contributed by atoms with van der Waals surface area (Å²) >= 11 is 1.77. The summed E-state index contributed by atoms with van der Waals surface area (Å²) in [6.07, 6.45) is 1.09. The zero-order valence-corrected chi connectivity index (χ0v) is 12.4. The van der Waals surface area contributed by atoms with E-state index in [2.05, 4.69) is 38.2 Å².